The summed E-state index contributed by atoms with van der Waals surface area (Å²) in [5.41, 5.74) is -1.42. The highest BCUT2D eigenvalue weighted by Crippen LogP contribution is 2.62. The normalized spacial score (nSPS) is 34.0. The summed E-state index contributed by atoms with van der Waals surface area (Å²) in [7, 11) is -20.7. The van der Waals surface area contributed by atoms with Crippen LogP contribution in [0.1, 0.15) is 16.8 Å². The quantitative estimate of drug-likeness (QED) is 0.0935. The summed E-state index contributed by atoms with van der Waals surface area (Å²) in [5, 5.41) is 0. The molecule has 1 aromatic carbocycles. The zero-order valence-corrected chi connectivity index (χ0v) is 34.0. The number of esters is 1. The Labute approximate surface area is 318 Å². The molecule has 3 saturated heterocycles. The predicted octanol–water partition coefficient (Wildman–Crippen LogP) is -1.92. The minimum Gasteiger partial charge on any atom is -0.497 e. The first kappa shape index (κ1) is 44.0. The Morgan fingerprint density at radius 2 is 1.29 bits per heavy atom. The summed E-state index contributed by atoms with van der Waals surface area (Å²) in [6.45, 7) is -1.76. The Morgan fingerprint density at radius 3 is 1.84 bits per heavy atom. The Bertz CT molecular complexity index is 2140. The number of fused-ring (bicyclic) bond motifs is 3. The maximum atomic E-state index is 13.3. The summed E-state index contributed by atoms with van der Waals surface area (Å²) in [6, 6.07) is 5.98. The molecule has 0 N–H and O–H groups in total. The molecule has 0 amide bonds. The molecule has 0 bridgehead atoms. The molecule has 3 aliphatic heterocycles. The van der Waals surface area contributed by atoms with Crippen LogP contribution in [-0.2, 0) is 95.2 Å². The van der Waals surface area contributed by atoms with Gasteiger partial charge in [-0.15, -0.1) is 0 Å². The minimum atomic E-state index is -4.62. The zero-order valence-electron chi connectivity index (χ0n) is 29.9. The van der Waals surface area contributed by atoms with Gasteiger partial charge in [-0.3, -0.25) is 20.9 Å². The fourth-order valence-corrected chi connectivity index (χ4v) is 9.43. The third-order valence-electron chi connectivity index (χ3n) is 8.77. The lowest BCUT2D eigenvalue weighted by molar-refractivity contribution is -0.347. The molecule has 22 nitrogen and oxygen atoms in total. The summed E-state index contributed by atoms with van der Waals surface area (Å²) < 4.78 is 183. The molecule has 5 rings (SSSR count). The summed E-state index contributed by atoms with van der Waals surface area (Å²) >= 11 is 0. The minimum absolute atomic E-state index is 0.105. The van der Waals surface area contributed by atoms with Crippen molar-refractivity contribution in [2.45, 2.75) is 61.2 Å². The van der Waals surface area contributed by atoms with E-state index in [4.69, 9.17) is 49.3 Å². The van der Waals surface area contributed by atoms with Gasteiger partial charge in [-0.2, -0.15) is 42.1 Å². The average Bonchev–Trinajstić information content (AvgIpc) is 3.70. The van der Waals surface area contributed by atoms with Crippen molar-refractivity contribution in [3.05, 3.63) is 29.8 Å². The van der Waals surface area contributed by atoms with Crippen LogP contribution in [0, 0.1) is 11.8 Å². The van der Waals surface area contributed by atoms with Crippen molar-refractivity contribution < 1.29 is 96.2 Å². The van der Waals surface area contributed by atoms with Crippen molar-refractivity contribution in [3.63, 3.8) is 0 Å². The second-order valence-corrected chi connectivity index (χ2v) is 21.3. The van der Waals surface area contributed by atoms with Crippen LogP contribution >= 0.6 is 0 Å². The zero-order chi connectivity index (χ0) is 40.9. The van der Waals surface area contributed by atoms with Gasteiger partial charge < -0.3 is 28.4 Å². The van der Waals surface area contributed by atoms with Gasteiger partial charge in [0.15, 0.2) is 18.7 Å². The number of hydrogen-bond donors (Lipinski definition) is 0. The summed E-state index contributed by atoms with van der Waals surface area (Å²) in [4.78, 5) is 13.3. The molecule has 1 aliphatic carbocycles. The van der Waals surface area contributed by atoms with E-state index in [-0.39, 0.29) is 18.6 Å². The van der Waals surface area contributed by atoms with Gasteiger partial charge in [-0.05, 0) is 30.7 Å². The van der Waals surface area contributed by atoms with E-state index in [2.05, 4.69) is 0 Å². The third kappa shape index (κ3) is 11.3. The lowest BCUT2D eigenvalue weighted by atomic mass is 9.83. The molecular formula is C28H40O22S5. The molecule has 1 saturated carbocycles. The van der Waals surface area contributed by atoms with E-state index < -0.39 is 136 Å². The monoisotopic (exact) mass is 888 g/mol. The van der Waals surface area contributed by atoms with Gasteiger partial charge in [0.2, 0.25) is 0 Å². The van der Waals surface area contributed by atoms with E-state index in [9.17, 15) is 46.9 Å². The molecule has 0 aromatic heterocycles. The van der Waals surface area contributed by atoms with Crippen molar-refractivity contribution in [1.82, 2.24) is 0 Å². The van der Waals surface area contributed by atoms with Crippen molar-refractivity contribution in [2.75, 3.05) is 58.2 Å². The predicted molar refractivity (Wildman–Crippen MR) is 182 cm³/mol. The van der Waals surface area contributed by atoms with Crippen LogP contribution < -0.4 is 4.74 Å². The van der Waals surface area contributed by atoms with Crippen LogP contribution in [0.5, 0.6) is 5.75 Å². The number of ether oxygens (including phenoxy) is 6. The first-order chi connectivity index (χ1) is 25.2. The highest BCUT2D eigenvalue weighted by Gasteiger charge is 2.78. The SMILES string of the molecule is COc1ccc(C(=O)O[C@H]2[C@@H]3CCO[C@@H](O[C@@H]4O[C@H](COS(C)(=O)=O)[C@@H](OS(C)(=O)=O)[C@H](OS(C)(=O)=O)[C@H]4OS(C)(=O)=O)[C@@H]3[C@@]3(COS(C)(=O)=O)O[C@@H]23)cc1. The smallest absolute Gasteiger partial charge is 0.338 e. The Balaban J connectivity index is 1.53. The highest BCUT2D eigenvalue weighted by molar-refractivity contribution is 7.87. The summed E-state index contributed by atoms with van der Waals surface area (Å²) in [6.07, 6.45) is -10.9. The van der Waals surface area contributed by atoms with E-state index in [1.807, 2.05) is 0 Å². The maximum Gasteiger partial charge on any atom is 0.338 e. The van der Waals surface area contributed by atoms with Crippen LogP contribution in [-0.4, -0.2) is 161 Å². The van der Waals surface area contributed by atoms with Gasteiger partial charge in [0.1, 0.15) is 41.9 Å². The van der Waals surface area contributed by atoms with E-state index in [1.165, 1.54) is 31.4 Å². The molecule has 4 aliphatic rings. The van der Waals surface area contributed by atoms with E-state index >= 15 is 0 Å². The van der Waals surface area contributed by atoms with Crippen molar-refractivity contribution in [1.29, 1.82) is 0 Å². The third-order valence-corrected chi connectivity index (χ3v) is 11.6. The molecule has 0 radical (unpaired) electrons. The lowest BCUT2D eigenvalue weighted by Crippen LogP contribution is -2.64. The molecule has 0 spiro atoms. The number of hydrogen-bond acceptors (Lipinski definition) is 22. The van der Waals surface area contributed by atoms with Crippen molar-refractivity contribution in [3.8, 4) is 5.75 Å². The van der Waals surface area contributed by atoms with E-state index in [1.54, 1.807) is 0 Å². The van der Waals surface area contributed by atoms with Gasteiger partial charge in [0, 0.05) is 5.92 Å². The van der Waals surface area contributed by atoms with Crippen LogP contribution in [0.2, 0.25) is 0 Å². The van der Waals surface area contributed by atoms with Crippen LogP contribution in [0.3, 0.4) is 0 Å². The van der Waals surface area contributed by atoms with Gasteiger partial charge in [-0.1, -0.05) is 0 Å². The molecule has 4 fully saturated rings. The van der Waals surface area contributed by atoms with Crippen LogP contribution in [0.4, 0.5) is 0 Å². The topological polar surface area (TPSA) is 293 Å². The molecule has 314 valence electrons. The first-order valence-corrected chi connectivity index (χ1v) is 25.1. The van der Waals surface area contributed by atoms with Crippen molar-refractivity contribution >= 4 is 56.6 Å². The number of rotatable bonds is 17. The molecule has 3 heterocycles. The first-order valence-electron chi connectivity index (χ1n) is 16.0. The van der Waals surface area contributed by atoms with Gasteiger partial charge in [0.25, 0.3) is 50.6 Å². The molecule has 11 atom stereocenters. The van der Waals surface area contributed by atoms with E-state index in [0.717, 1.165) is 6.26 Å². The molecule has 55 heavy (non-hydrogen) atoms. The fraction of sp³-hybridized carbons (Fsp3) is 0.750. The average molecular weight is 889 g/mol. The molecule has 27 heteroatoms. The maximum absolute atomic E-state index is 13.3. The summed E-state index contributed by atoms with van der Waals surface area (Å²) in [5.74, 6) is -2.08. The second kappa shape index (κ2) is 15.9. The van der Waals surface area contributed by atoms with Gasteiger partial charge in [-0.25, -0.2) is 4.79 Å². The Kier molecular flexibility index (Phi) is 12.7. The van der Waals surface area contributed by atoms with Gasteiger partial charge >= 0.3 is 5.97 Å². The number of benzene rings is 1. The number of carbonyl (C=O) groups excluding carboxylic acids is 1. The van der Waals surface area contributed by atoms with Crippen molar-refractivity contribution in [2.24, 2.45) is 11.8 Å². The van der Waals surface area contributed by atoms with E-state index in [0.29, 0.717) is 30.8 Å². The largest absolute Gasteiger partial charge is 0.497 e. The number of methoxy groups -OCH3 is 1. The van der Waals surface area contributed by atoms with Gasteiger partial charge in [0.05, 0.1) is 69.7 Å². The highest BCUT2D eigenvalue weighted by atomic mass is 32.2. The standard InChI is InChI=1S/C28H40O22S5/c1-40-16-9-7-15(8-10-16)25(29)45-20-17-11-12-41-26(19(17)28(24(20)47-28)14-43-52(3,32)33)46-27-23(50-55(6,38)39)22(49-54(5,36)37)21(48-53(4,34)35)18(44-27)13-42-51(2,30)31/h7-10,17-24,26-27H,11-14H2,1-6H3/t17-,18-,19-,20+,21-,22+,23-,24+,26+,27+,28-/m1/s1. The number of carbonyl (C=O) groups is 1. The Hall–Kier alpha value is -2.12. The molecule has 1 aromatic rings. The number of epoxide rings is 1. The van der Waals surface area contributed by atoms with Crippen LogP contribution in [0.25, 0.3) is 0 Å². The second-order valence-electron chi connectivity index (χ2n) is 13.2. The Morgan fingerprint density at radius 1 is 0.727 bits per heavy atom. The van der Waals surface area contributed by atoms with Crippen LogP contribution in [0.15, 0.2) is 24.3 Å². The molecular weight excluding hydrogens is 849 g/mol. The lowest BCUT2D eigenvalue weighted by Gasteiger charge is -2.46. The fourth-order valence-electron chi connectivity index (χ4n) is 6.79. The molecule has 0 unspecified atom stereocenters.